The van der Waals surface area contributed by atoms with Crippen molar-refractivity contribution in [2.45, 2.75) is 30.6 Å². The topological polar surface area (TPSA) is 58.2 Å². The van der Waals surface area contributed by atoms with E-state index in [4.69, 9.17) is 0 Å². The van der Waals surface area contributed by atoms with Crippen molar-refractivity contribution in [1.29, 1.82) is 0 Å². The Balaban J connectivity index is 1.70. The molecule has 0 aromatic heterocycles. The molecule has 1 saturated carbocycles. The van der Waals surface area contributed by atoms with E-state index in [-0.39, 0.29) is 29.3 Å². The van der Waals surface area contributed by atoms with Crippen LogP contribution in [0.4, 0.5) is 4.39 Å². The van der Waals surface area contributed by atoms with Gasteiger partial charge in [-0.1, -0.05) is 25.0 Å². The standard InChI is InChI=1S/C14H17FN2O2S/c15-11-7-3-4-8-12(11)20-9-13(18)16-17-14(19)10-5-1-2-6-10/h3-4,7-8,10H,1-2,5-6,9H2,(H,16,18)(H,17,19). The molecule has 0 saturated heterocycles. The van der Waals surface area contributed by atoms with E-state index in [0.717, 1.165) is 37.4 Å². The van der Waals surface area contributed by atoms with Crippen LogP contribution in [0.2, 0.25) is 0 Å². The highest BCUT2D eigenvalue weighted by Gasteiger charge is 2.22. The molecule has 0 atom stereocenters. The van der Waals surface area contributed by atoms with Crippen molar-refractivity contribution in [2.75, 3.05) is 5.75 Å². The van der Waals surface area contributed by atoms with E-state index in [9.17, 15) is 14.0 Å². The molecule has 0 unspecified atom stereocenters. The van der Waals surface area contributed by atoms with Gasteiger partial charge in [0.2, 0.25) is 11.8 Å². The molecule has 4 nitrogen and oxygen atoms in total. The molecule has 2 N–H and O–H groups in total. The zero-order valence-corrected chi connectivity index (χ0v) is 11.8. The number of benzene rings is 1. The Morgan fingerprint density at radius 3 is 2.60 bits per heavy atom. The van der Waals surface area contributed by atoms with Crippen LogP contribution >= 0.6 is 11.8 Å². The lowest BCUT2D eigenvalue weighted by Crippen LogP contribution is -2.44. The van der Waals surface area contributed by atoms with Crippen molar-refractivity contribution < 1.29 is 14.0 Å². The third-order valence-electron chi connectivity index (χ3n) is 3.25. The number of carbonyl (C=O) groups excluding carboxylic acids is 2. The number of hydrazine groups is 1. The predicted molar refractivity (Wildman–Crippen MR) is 75.4 cm³/mol. The summed E-state index contributed by atoms with van der Waals surface area (Å²) in [5.41, 5.74) is 4.80. The number of rotatable bonds is 4. The van der Waals surface area contributed by atoms with Crippen LogP contribution in [0.15, 0.2) is 29.2 Å². The highest BCUT2D eigenvalue weighted by molar-refractivity contribution is 8.00. The number of nitrogens with one attached hydrogen (secondary N) is 2. The molecule has 108 valence electrons. The molecule has 1 fully saturated rings. The van der Waals surface area contributed by atoms with Gasteiger partial charge in [-0.25, -0.2) is 4.39 Å². The van der Waals surface area contributed by atoms with Gasteiger partial charge in [0.1, 0.15) is 5.82 Å². The first-order valence-corrected chi connectivity index (χ1v) is 7.61. The smallest absolute Gasteiger partial charge is 0.248 e. The van der Waals surface area contributed by atoms with Crippen LogP contribution in [0, 0.1) is 11.7 Å². The SMILES string of the molecule is O=C(CSc1ccccc1F)NNC(=O)C1CCCC1. The Kier molecular flexibility index (Phi) is 5.40. The minimum Gasteiger partial charge on any atom is -0.273 e. The van der Waals surface area contributed by atoms with Crippen molar-refractivity contribution in [3.05, 3.63) is 30.1 Å². The quantitative estimate of drug-likeness (QED) is 0.662. The summed E-state index contributed by atoms with van der Waals surface area (Å²) in [7, 11) is 0. The second-order valence-electron chi connectivity index (χ2n) is 4.74. The van der Waals surface area contributed by atoms with Gasteiger partial charge in [0, 0.05) is 10.8 Å². The molecule has 1 aliphatic carbocycles. The average molecular weight is 296 g/mol. The van der Waals surface area contributed by atoms with Crippen LogP contribution in [0.25, 0.3) is 0 Å². The lowest BCUT2D eigenvalue weighted by atomic mass is 10.1. The number of halogens is 1. The zero-order valence-electron chi connectivity index (χ0n) is 11.0. The first kappa shape index (κ1) is 14.8. The van der Waals surface area contributed by atoms with Crippen molar-refractivity contribution in [3.8, 4) is 0 Å². The van der Waals surface area contributed by atoms with Gasteiger partial charge in [-0.15, -0.1) is 11.8 Å². The lowest BCUT2D eigenvalue weighted by Gasteiger charge is -2.11. The van der Waals surface area contributed by atoms with Gasteiger partial charge in [-0.2, -0.15) is 0 Å². The molecule has 0 radical (unpaired) electrons. The van der Waals surface area contributed by atoms with E-state index in [2.05, 4.69) is 10.9 Å². The fourth-order valence-corrected chi connectivity index (χ4v) is 2.90. The molecule has 1 aromatic carbocycles. The molecule has 0 heterocycles. The molecule has 6 heteroatoms. The van der Waals surface area contributed by atoms with Gasteiger partial charge in [0.25, 0.3) is 0 Å². The molecule has 0 spiro atoms. The van der Waals surface area contributed by atoms with Crippen LogP contribution < -0.4 is 10.9 Å². The van der Waals surface area contributed by atoms with Crippen LogP contribution in [-0.4, -0.2) is 17.6 Å². The fourth-order valence-electron chi connectivity index (χ4n) is 2.16. The van der Waals surface area contributed by atoms with E-state index >= 15 is 0 Å². The minimum atomic E-state index is -0.347. The van der Waals surface area contributed by atoms with Gasteiger partial charge in [-0.05, 0) is 25.0 Å². The van der Waals surface area contributed by atoms with E-state index in [1.807, 2.05) is 0 Å². The van der Waals surface area contributed by atoms with E-state index in [1.165, 1.54) is 6.07 Å². The van der Waals surface area contributed by atoms with E-state index in [0.29, 0.717) is 4.90 Å². The van der Waals surface area contributed by atoms with Crippen LogP contribution in [0.1, 0.15) is 25.7 Å². The maximum Gasteiger partial charge on any atom is 0.248 e. The van der Waals surface area contributed by atoms with Gasteiger partial charge in [0.05, 0.1) is 5.75 Å². The van der Waals surface area contributed by atoms with Gasteiger partial charge >= 0.3 is 0 Å². The molecule has 20 heavy (non-hydrogen) atoms. The molecule has 2 rings (SSSR count). The lowest BCUT2D eigenvalue weighted by molar-refractivity contribution is -0.130. The summed E-state index contributed by atoms with van der Waals surface area (Å²) in [5.74, 6) is -0.752. The summed E-state index contributed by atoms with van der Waals surface area (Å²) in [6, 6.07) is 6.28. The summed E-state index contributed by atoms with van der Waals surface area (Å²) in [6.45, 7) is 0. The van der Waals surface area contributed by atoms with Gasteiger partial charge in [0.15, 0.2) is 0 Å². The number of hydrogen-bond acceptors (Lipinski definition) is 3. The number of carbonyl (C=O) groups is 2. The second kappa shape index (κ2) is 7.28. The molecule has 1 aliphatic rings. The van der Waals surface area contributed by atoms with Crippen molar-refractivity contribution in [1.82, 2.24) is 10.9 Å². The van der Waals surface area contributed by atoms with Crippen molar-refractivity contribution >= 4 is 23.6 Å². The van der Waals surface area contributed by atoms with E-state index in [1.54, 1.807) is 18.2 Å². The van der Waals surface area contributed by atoms with Gasteiger partial charge < -0.3 is 0 Å². The molecular weight excluding hydrogens is 279 g/mol. The Morgan fingerprint density at radius 2 is 1.90 bits per heavy atom. The van der Waals surface area contributed by atoms with Crippen molar-refractivity contribution in [3.63, 3.8) is 0 Å². The number of hydrogen-bond donors (Lipinski definition) is 2. The Morgan fingerprint density at radius 1 is 1.20 bits per heavy atom. The average Bonchev–Trinajstić information content (AvgIpc) is 2.98. The van der Waals surface area contributed by atoms with Crippen LogP contribution in [0.5, 0.6) is 0 Å². The van der Waals surface area contributed by atoms with Gasteiger partial charge in [-0.3, -0.25) is 20.4 Å². The molecule has 0 bridgehead atoms. The third-order valence-corrected chi connectivity index (χ3v) is 4.30. The minimum absolute atomic E-state index is 0.00882. The first-order chi connectivity index (χ1) is 9.66. The summed E-state index contributed by atoms with van der Waals surface area (Å²) >= 11 is 1.10. The van der Waals surface area contributed by atoms with Crippen LogP contribution in [0.3, 0.4) is 0 Å². The Hall–Kier alpha value is -1.56. The normalized spacial score (nSPS) is 15.1. The summed E-state index contributed by atoms with van der Waals surface area (Å²) < 4.78 is 13.3. The monoisotopic (exact) mass is 296 g/mol. The maximum absolute atomic E-state index is 13.3. The Labute approximate surface area is 121 Å². The summed E-state index contributed by atoms with van der Waals surface area (Å²) in [5, 5.41) is 0. The zero-order chi connectivity index (χ0) is 14.4. The molecule has 2 amide bonds. The largest absolute Gasteiger partial charge is 0.273 e. The highest BCUT2D eigenvalue weighted by Crippen LogP contribution is 2.24. The fraction of sp³-hybridized carbons (Fsp3) is 0.429. The third kappa shape index (κ3) is 4.23. The second-order valence-corrected chi connectivity index (χ2v) is 5.76. The summed E-state index contributed by atoms with van der Waals surface area (Å²) in [4.78, 5) is 23.7. The molecule has 1 aromatic rings. The number of amides is 2. The molecular formula is C14H17FN2O2S. The van der Waals surface area contributed by atoms with Crippen molar-refractivity contribution in [2.24, 2.45) is 5.92 Å². The molecule has 0 aliphatic heterocycles. The van der Waals surface area contributed by atoms with E-state index < -0.39 is 0 Å². The number of thioether (sulfide) groups is 1. The first-order valence-electron chi connectivity index (χ1n) is 6.63. The predicted octanol–water partition coefficient (Wildman–Crippen LogP) is 2.26. The highest BCUT2D eigenvalue weighted by atomic mass is 32.2. The Bertz CT molecular complexity index is 490. The van der Waals surface area contributed by atoms with Crippen LogP contribution in [-0.2, 0) is 9.59 Å². The maximum atomic E-state index is 13.3. The summed E-state index contributed by atoms with van der Waals surface area (Å²) in [6.07, 6.45) is 3.89.